The molecule has 0 heterocycles. The number of benzene rings is 3. The number of phenols is 1. The highest BCUT2D eigenvalue weighted by molar-refractivity contribution is 5.85. The lowest BCUT2D eigenvalue weighted by Crippen LogP contribution is -3.00. The van der Waals surface area contributed by atoms with E-state index in [4.69, 9.17) is 14.6 Å². The zero-order valence-electron chi connectivity index (χ0n) is 25.5. The summed E-state index contributed by atoms with van der Waals surface area (Å²) in [5.41, 5.74) is 3.19. The number of aromatic hydroxyl groups is 1. The van der Waals surface area contributed by atoms with Gasteiger partial charge in [-0.3, -0.25) is 0 Å². The normalized spacial score (nSPS) is 11.1. The summed E-state index contributed by atoms with van der Waals surface area (Å²) >= 11 is 0. The van der Waals surface area contributed by atoms with Crippen LogP contribution in [-0.4, -0.2) is 50.1 Å². The second kappa shape index (κ2) is 19.0. The maximum atomic E-state index is 8.63. The van der Waals surface area contributed by atoms with Crippen LogP contribution in [-0.2, 0) is 16.7 Å². The Bertz CT molecular complexity index is 1020. The van der Waals surface area contributed by atoms with Crippen molar-refractivity contribution in [3.05, 3.63) is 96.1 Å². The first kappa shape index (κ1) is 39.9. The van der Waals surface area contributed by atoms with Crippen molar-refractivity contribution in [2.24, 2.45) is 5.41 Å². The zero-order chi connectivity index (χ0) is 27.4. The Kier molecular flexibility index (Phi) is 18.9. The Morgan fingerprint density at radius 3 is 1.73 bits per heavy atom. The predicted octanol–water partition coefficient (Wildman–Crippen LogP) is 5.05. The van der Waals surface area contributed by atoms with E-state index >= 15 is 0 Å². The highest BCUT2D eigenvalue weighted by atomic mass is 35.5. The molecule has 0 atom stereocenters. The van der Waals surface area contributed by atoms with E-state index in [9.17, 15) is 0 Å². The third-order valence-corrected chi connectivity index (χ3v) is 6.16. The lowest BCUT2D eigenvalue weighted by Gasteiger charge is -2.33. The van der Waals surface area contributed by atoms with E-state index in [1.54, 1.807) is 24.3 Å². The Morgan fingerprint density at radius 2 is 1.25 bits per heavy atom. The summed E-state index contributed by atoms with van der Waals surface area (Å²) in [7, 11) is 4.49. The van der Waals surface area contributed by atoms with E-state index in [1.165, 1.54) is 11.1 Å². The average Bonchev–Trinajstić information content (AvgIpc) is 2.81. The summed E-state index contributed by atoms with van der Waals surface area (Å²) in [4.78, 5) is 0. The van der Waals surface area contributed by atoms with Gasteiger partial charge in [-0.2, -0.15) is 0 Å². The largest absolute Gasteiger partial charge is 1.00 e. The number of likely N-dealkylation sites (N-methyl/N-ethyl adjacent to an activating group) is 1. The lowest BCUT2D eigenvalue weighted by molar-refractivity contribution is -0.904. The standard InChI is InChI=1S/C27H42NO2.C6H6O.2ClH.H3N/c1-26(2,3)22-27(4,5)24-13-15-25(16-14-24)30-20-19-29-18-17-28(6,7)21-23-11-9-8-10-12-23;7-6-4-2-1-3-5-6;;;/h8-16H,17-22H2,1-7H3;1-5,7H;2*1H;1H3/q+1;;;;/p-1. The zero-order valence-corrected chi connectivity index (χ0v) is 27.1. The third kappa shape index (κ3) is 16.7. The number of rotatable bonds is 11. The summed E-state index contributed by atoms with van der Waals surface area (Å²) in [6, 6.07) is 27.9. The van der Waals surface area contributed by atoms with Gasteiger partial charge in [-0.15, -0.1) is 12.4 Å². The van der Waals surface area contributed by atoms with Crippen LogP contribution in [0.15, 0.2) is 84.9 Å². The number of hydrogen-bond acceptors (Lipinski definition) is 4. The first-order valence-electron chi connectivity index (χ1n) is 13.3. The molecule has 0 radical (unpaired) electrons. The fourth-order valence-electron chi connectivity index (χ4n) is 4.65. The maximum Gasteiger partial charge on any atom is 0.119 e. The molecule has 0 spiro atoms. The lowest BCUT2D eigenvalue weighted by atomic mass is 9.72. The molecular weight excluding hydrogens is 543 g/mol. The summed E-state index contributed by atoms with van der Waals surface area (Å²) in [5, 5.41) is 8.63. The van der Waals surface area contributed by atoms with Crippen molar-refractivity contribution >= 4 is 12.4 Å². The maximum absolute atomic E-state index is 8.63. The van der Waals surface area contributed by atoms with E-state index in [-0.39, 0.29) is 36.4 Å². The second-order valence-electron chi connectivity index (χ2n) is 12.2. The molecule has 0 fully saturated rings. The van der Waals surface area contributed by atoms with Crippen molar-refractivity contribution in [2.45, 2.75) is 53.0 Å². The molecule has 4 N–H and O–H groups in total. The molecule has 0 aliphatic heterocycles. The highest BCUT2D eigenvalue weighted by Gasteiger charge is 2.27. The van der Waals surface area contributed by atoms with Crippen LogP contribution in [0.1, 0.15) is 52.2 Å². The van der Waals surface area contributed by atoms with E-state index in [1.807, 2.05) is 6.07 Å². The number of hydrogen-bond donors (Lipinski definition) is 2. The molecule has 0 aliphatic carbocycles. The second-order valence-corrected chi connectivity index (χ2v) is 12.2. The van der Waals surface area contributed by atoms with Crippen molar-refractivity contribution in [3.8, 4) is 11.5 Å². The first-order chi connectivity index (χ1) is 17.4. The Labute approximate surface area is 255 Å². The molecule has 0 aromatic heterocycles. The third-order valence-electron chi connectivity index (χ3n) is 6.16. The fraction of sp³-hybridized carbons (Fsp3) is 0.455. The number of quaternary nitrogens is 1. The van der Waals surface area contributed by atoms with Crippen LogP contribution in [0.4, 0.5) is 0 Å². The Morgan fingerprint density at radius 1 is 0.725 bits per heavy atom. The number of ether oxygens (including phenoxy) is 2. The van der Waals surface area contributed by atoms with Gasteiger partial charge in [-0.25, -0.2) is 0 Å². The topological polar surface area (TPSA) is 73.7 Å². The summed E-state index contributed by atoms with van der Waals surface area (Å²) < 4.78 is 12.6. The smallest absolute Gasteiger partial charge is 0.119 e. The van der Waals surface area contributed by atoms with Crippen LogP contribution in [0.5, 0.6) is 11.5 Å². The SMILES string of the molecule is CC(C)(C)CC(C)(C)c1ccc(OCCOCC[N+](C)(C)Cc2ccccc2)cc1.Cl.N.Oc1ccccc1.[Cl-]. The van der Waals surface area contributed by atoms with Gasteiger partial charge in [-0.1, -0.05) is 95.3 Å². The number of phenolic OH excluding ortho intramolecular Hbond substituents is 1. The number of para-hydroxylation sites is 1. The van der Waals surface area contributed by atoms with E-state index in [0.29, 0.717) is 24.4 Å². The molecule has 0 saturated carbocycles. The molecule has 40 heavy (non-hydrogen) atoms. The van der Waals surface area contributed by atoms with Crippen LogP contribution in [0, 0.1) is 5.41 Å². The number of halogens is 2. The van der Waals surface area contributed by atoms with Crippen molar-refractivity contribution in [2.75, 3.05) is 40.5 Å². The minimum Gasteiger partial charge on any atom is -1.00 e. The fourth-order valence-corrected chi connectivity index (χ4v) is 4.65. The molecule has 3 rings (SSSR count). The highest BCUT2D eigenvalue weighted by Crippen LogP contribution is 2.36. The van der Waals surface area contributed by atoms with Crippen molar-refractivity contribution in [3.63, 3.8) is 0 Å². The number of nitrogens with zero attached hydrogens (tertiary/aromatic N) is 1. The minimum absolute atomic E-state index is 0. The minimum atomic E-state index is 0. The summed E-state index contributed by atoms with van der Waals surface area (Å²) in [6.45, 7) is 15.5. The van der Waals surface area contributed by atoms with Crippen LogP contribution in [0.2, 0.25) is 0 Å². The van der Waals surface area contributed by atoms with Gasteiger partial charge in [0.15, 0.2) is 0 Å². The van der Waals surface area contributed by atoms with Gasteiger partial charge in [0.2, 0.25) is 0 Å². The molecule has 0 unspecified atom stereocenters. The van der Waals surface area contributed by atoms with Crippen LogP contribution < -0.4 is 23.3 Å². The quantitative estimate of drug-likeness (QED) is 0.240. The van der Waals surface area contributed by atoms with Crippen molar-refractivity contribution in [1.29, 1.82) is 0 Å². The molecule has 0 amide bonds. The van der Waals surface area contributed by atoms with E-state index < -0.39 is 0 Å². The van der Waals surface area contributed by atoms with Crippen LogP contribution in [0.25, 0.3) is 0 Å². The van der Waals surface area contributed by atoms with E-state index in [2.05, 4.69) is 103 Å². The van der Waals surface area contributed by atoms with Gasteiger partial charge in [0.05, 0.1) is 27.3 Å². The molecule has 3 aromatic rings. The van der Waals surface area contributed by atoms with Crippen molar-refractivity contribution < 1.29 is 31.5 Å². The molecule has 5 nitrogen and oxygen atoms in total. The Balaban J connectivity index is 0. The Hall–Kier alpha value is -2.28. The summed E-state index contributed by atoms with van der Waals surface area (Å²) in [6.07, 6.45) is 1.15. The van der Waals surface area contributed by atoms with Gasteiger partial charge >= 0.3 is 0 Å². The predicted molar refractivity (Wildman–Crippen MR) is 167 cm³/mol. The molecule has 0 bridgehead atoms. The first-order valence-corrected chi connectivity index (χ1v) is 13.3. The molecular formula is C33H52Cl2N2O3. The van der Waals surface area contributed by atoms with Gasteiger partial charge < -0.3 is 37.6 Å². The van der Waals surface area contributed by atoms with Gasteiger partial charge in [-0.05, 0) is 47.1 Å². The average molecular weight is 596 g/mol. The molecule has 0 saturated heterocycles. The molecule has 3 aromatic carbocycles. The summed E-state index contributed by atoms with van der Waals surface area (Å²) in [5.74, 6) is 1.23. The van der Waals surface area contributed by atoms with Gasteiger partial charge in [0, 0.05) is 5.56 Å². The molecule has 7 heteroatoms. The van der Waals surface area contributed by atoms with Crippen molar-refractivity contribution in [1.82, 2.24) is 6.15 Å². The van der Waals surface area contributed by atoms with E-state index in [0.717, 1.165) is 36.3 Å². The van der Waals surface area contributed by atoms with Crippen LogP contribution in [0.3, 0.4) is 0 Å². The monoisotopic (exact) mass is 594 g/mol. The van der Waals surface area contributed by atoms with Gasteiger partial charge in [0.1, 0.15) is 31.2 Å². The molecule has 0 aliphatic rings. The van der Waals surface area contributed by atoms with Gasteiger partial charge in [0.25, 0.3) is 0 Å². The van der Waals surface area contributed by atoms with Crippen LogP contribution >= 0.6 is 12.4 Å². The molecule has 226 valence electrons.